The van der Waals surface area contributed by atoms with E-state index in [4.69, 9.17) is 5.73 Å². The quantitative estimate of drug-likeness (QED) is 0.794. The van der Waals surface area contributed by atoms with Crippen LogP contribution in [0, 0.1) is 6.92 Å². The molecule has 1 amide bonds. The lowest BCUT2D eigenvalue weighted by Gasteiger charge is -2.13. The summed E-state index contributed by atoms with van der Waals surface area (Å²) in [5.41, 5.74) is 7.82. The molecular formula is C13H20N2O2S. The summed E-state index contributed by atoms with van der Waals surface area (Å²) in [6.45, 7) is 3.81. The van der Waals surface area contributed by atoms with Gasteiger partial charge >= 0.3 is 0 Å². The first-order valence-corrected chi connectivity index (χ1v) is 7.59. The highest BCUT2D eigenvalue weighted by Gasteiger charge is 2.11. The van der Waals surface area contributed by atoms with Gasteiger partial charge in [-0.05, 0) is 44.0 Å². The van der Waals surface area contributed by atoms with Gasteiger partial charge in [0.25, 0.3) is 5.91 Å². The molecule has 0 aliphatic rings. The van der Waals surface area contributed by atoms with Crippen molar-refractivity contribution in [2.45, 2.75) is 26.3 Å². The van der Waals surface area contributed by atoms with Crippen molar-refractivity contribution in [1.82, 2.24) is 5.32 Å². The third-order valence-electron chi connectivity index (χ3n) is 2.58. The number of nitrogens with two attached hydrogens (primary N) is 1. The molecule has 1 rings (SSSR count). The molecule has 18 heavy (non-hydrogen) atoms. The molecule has 0 saturated heterocycles. The highest BCUT2D eigenvalue weighted by molar-refractivity contribution is 7.84. The van der Waals surface area contributed by atoms with E-state index in [2.05, 4.69) is 5.32 Å². The minimum Gasteiger partial charge on any atom is -0.399 e. The molecule has 0 radical (unpaired) electrons. The number of nitrogens with one attached hydrogen (secondary N) is 1. The SMILES string of the molecule is Cc1cc(N)cc(C(=O)NC(C)CCS(C)=O)c1. The monoisotopic (exact) mass is 268 g/mol. The van der Waals surface area contributed by atoms with Gasteiger partial charge in [-0.25, -0.2) is 0 Å². The highest BCUT2D eigenvalue weighted by atomic mass is 32.2. The normalized spacial score (nSPS) is 13.9. The molecule has 3 N–H and O–H groups in total. The fourth-order valence-corrected chi connectivity index (χ4v) is 2.35. The Bertz CT molecular complexity index is 440. The third-order valence-corrected chi connectivity index (χ3v) is 3.39. The van der Waals surface area contributed by atoms with Gasteiger partial charge in [0.2, 0.25) is 0 Å². The van der Waals surface area contributed by atoms with Gasteiger partial charge < -0.3 is 11.1 Å². The molecule has 0 aliphatic heterocycles. The van der Waals surface area contributed by atoms with Crippen molar-refractivity contribution >= 4 is 22.4 Å². The number of rotatable bonds is 5. The van der Waals surface area contributed by atoms with E-state index >= 15 is 0 Å². The average molecular weight is 268 g/mol. The lowest BCUT2D eigenvalue weighted by molar-refractivity contribution is 0.0939. The van der Waals surface area contributed by atoms with Gasteiger partial charge in [0.1, 0.15) is 0 Å². The summed E-state index contributed by atoms with van der Waals surface area (Å²) >= 11 is 0. The molecule has 100 valence electrons. The number of hydrogen-bond donors (Lipinski definition) is 2. The Kier molecular flexibility index (Phi) is 5.34. The molecule has 0 aromatic heterocycles. The van der Waals surface area contributed by atoms with Gasteiger partial charge in [0, 0.05) is 40.1 Å². The molecule has 2 unspecified atom stereocenters. The van der Waals surface area contributed by atoms with E-state index in [0.717, 1.165) is 5.56 Å². The van der Waals surface area contributed by atoms with Gasteiger partial charge in [-0.15, -0.1) is 0 Å². The first-order valence-electron chi connectivity index (χ1n) is 5.86. The second-order valence-electron chi connectivity index (χ2n) is 4.57. The summed E-state index contributed by atoms with van der Waals surface area (Å²) in [6.07, 6.45) is 2.37. The van der Waals surface area contributed by atoms with Gasteiger partial charge in [-0.1, -0.05) is 0 Å². The van der Waals surface area contributed by atoms with E-state index in [9.17, 15) is 9.00 Å². The number of carbonyl (C=O) groups excluding carboxylic acids is 1. The van der Waals surface area contributed by atoms with Crippen molar-refractivity contribution in [3.05, 3.63) is 29.3 Å². The van der Waals surface area contributed by atoms with Crippen LogP contribution >= 0.6 is 0 Å². The summed E-state index contributed by atoms with van der Waals surface area (Å²) in [5, 5.41) is 2.88. The van der Waals surface area contributed by atoms with Crippen molar-refractivity contribution in [2.75, 3.05) is 17.7 Å². The summed E-state index contributed by atoms with van der Waals surface area (Å²) in [7, 11) is -0.824. The minimum atomic E-state index is -0.824. The van der Waals surface area contributed by atoms with Crippen molar-refractivity contribution in [1.29, 1.82) is 0 Å². The molecule has 0 spiro atoms. The topological polar surface area (TPSA) is 72.2 Å². The maximum Gasteiger partial charge on any atom is 0.251 e. The molecule has 5 heteroatoms. The van der Waals surface area contributed by atoms with Crippen LogP contribution < -0.4 is 11.1 Å². The highest BCUT2D eigenvalue weighted by Crippen LogP contribution is 2.11. The summed E-state index contributed by atoms with van der Waals surface area (Å²) in [4.78, 5) is 12.0. The number of carbonyl (C=O) groups is 1. The van der Waals surface area contributed by atoms with Crippen molar-refractivity contribution in [3.8, 4) is 0 Å². The van der Waals surface area contributed by atoms with Crippen molar-refractivity contribution in [3.63, 3.8) is 0 Å². The van der Waals surface area contributed by atoms with E-state index in [1.165, 1.54) is 0 Å². The van der Waals surface area contributed by atoms with Crippen LogP contribution in [0.2, 0.25) is 0 Å². The molecule has 0 heterocycles. The van der Waals surface area contributed by atoms with Gasteiger partial charge in [0.05, 0.1) is 0 Å². The smallest absolute Gasteiger partial charge is 0.251 e. The predicted molar refractivity (Wildman–Crippen MR) is 76.1 cm³/mol. The largest absolute Gasteiger partial charge is 0.399 e. The van der Waals surface area contributed by atoms with Crippen LogP contribution in [0.3, 0.4) is 0 Å². The average Bonchev–Trinajstić information content (AvgIpc) is 2.25. The molecule has 2 atom stereocenters. The molecule has 4 nitrogen and oxygen atoms in total. The Hall–Kier alpha value is -1.36. The van der Waals surface area contributed by atoms with Crippen LogP contribution in [0.1, 0.15) is 29.3 Å². The van der Waals surface area contributed by atoms with Gasteiger partial charge in [-0.2, -0.15) is 0 Å². The van der Waals surface area contributed by atoms with Crippen LogP contribution in [0.4, 0.5) is 5.69 Å². The Labute approximate surface area is 110 Å². The standard InChI is InChI=1S/C13H20N2O2S/c1-9-6-11(8-12(14)7-9)13(16)15-10(2)4-5-18(3)17/h6-8,10H,4-5,14H2,1-3H3,(H,15,16). The zero-order valence-electron chi connectivity index (χ0n) is 11.0. The molecule has 0 bridgehead atoms. The molecule has 1 aromatic rings. The number of benzene rings is 1. The zero-order chi connectivity index (χ0) is 13.7. The van der Waals surface area contributed by atoms with E-state index in [1.54, 1.807) is 18.4 Å². The lowest BCUT2D eigenvalue weighted by Crippen LogP contribution is -2.33. The number of nitrogen functional groups attached to an aromatic ring is 1. The molecular weight excluding hydrogens is 248 g/mol. The van der Waals surface area contributed by atoms with Crippen LogP contribution in [0.5, 0.6) is 0 Å². The second kappa shape index (κ2) is 6.54. The van der Waals surface area contributed by atoms with Gasteiger partial charge in [-0.3, -0.25) is 9.00 Å². The third kappa shape index (κ3) is 4.87. The van der Waals surface area contributed by atoms with Crippen LogP contribution in [0.15, 0.2) is 18.2 Å². The van der Waals surface area contributed by atoms with E-state index in [1.807, 2.05) is 19.9 Å². The minimum absolute atomic E-state index is 0.00290. The number of anilines is 1. The fraction of sp³-hybridized carbons (Fsp3) is 0.462. The maximum absolute atomic E-state index is 12.0. The van der Waals surface area contributed by atoms with Crippen molar-refractivity contribution < 1.29 is 9.00 Å². The summed E-state index contributed by atoms with van der Waals surface area (Å²) in [6, 6.07) is 5.28. The van der Waals surface area contributed by atoms with Crippen LogP contribution in [-0.4, -0.2) is 28.2 Å². The summed E-state index contributed by atoms with van der Waals surface area (Å²) in [5.74, 6) is 0.456. The molecule has 0 fully saturated rings. The predicted octanol–water partition coefficient (Wildman–Crippen LogP) is 1.46. The Morgan fingerprint density at radius 3 is 2.67 bits per heavy atom. The first kappa shape index (κ1) is 14.7. The Morgan fingerprint density at radius 1 is 1.44 bits per heavy atom. The first-order chi connectivity index (χ1) is 8.38. The number of hydrogen-bond acceptors (Lipinski definition) is 3. The Balaban J connectivity index is 2.61. The lowest BCUT2D eigenvalue weighted by atomic mass is 10.1. The van der Waals surface area contributed by atoms with Crippen molar-refractivity contribution in [2.24, 2.45) is 0 Å². The van der Waals surface area contributed by atoms with E-state index in [-0.39, 0.29) is 11.9 Å². The van der Waals surface area contributed by atoms with E-state index < -0.39 is 10.8 Å². The van der Waals surface area contributed by atoms with E-state index in [0.29, 0.717) is 23.4 Å². The van der Waals surface area contributed by atoms with Crippen LogP contribution in [-0.2, 0) is 10.8 Å². The maximum atomic E-state index is 12.0. The number of amides is 1. The molecule has 0 saturated carbocycles. The van der Waals surface area contributed by atoms with Gasteiger partial charge in [0.15, 0.2) is 0 Å². The fourth-order valence-electron chi connectivity index (χ4n) is 1.67. The Morgan fingerprint density at radius 2 is 2.11 bits per heavy atom. The summed E-state index contributed by atoms with van der Waals surface area (Å²) < 4.78 is 11.0. The van der Waals surface area contributed by atoms with Crippen LogP contribution in [0.25, 0.3) is 0 Å². The number of aryl methyl sites for hydroxylation is 1. The second-order valence-corrected chi connectivity index (χ2v) is 6.13. The molecule has 0 aliphatic carbocycles. The zero-order valence-corrected chi connectivity index (χ0v) is 11.8. The molecule has 1 aromatic carbocycles.